The van der Waals surface area contributed by atoms with Crippen molar-refractivity contribution in [2.75, 3.05) is 19.4 Å². The Hall–Kier alpha value is -2.50. The fourth-order valence-electron chi connectivity index (χ4n) is 1.82. The largest absolute Gasteiger partial charge is 0.462 e. The predicted molar refractivity (Wildman–Crippen MR) is 105 cm³/mol. The van der Waals surface area contributed by atoms with Gasteiger partial charge in [0.05, 0.1) is 24.8 Å². The van der Waals surface area contributed by atoms with Gasteiger partial charge in [-0.05, 0) is 44.0 Å². The lowest BCUT2D eigenvalue weighted by Gasteiger charge is -2.05. The van der Waals surface area contributed by atoms with E-state index in [0.29, 0.717) is 37.1 Å². The summed E-state index contributed by atoms with van der Waals surface area (Å²) in [6.07, 6.45) is 5.02. The molecule has 0 spiro atoms. The van der Waals surface area contributed by atoms with Crippen LogP contribution in [-0.4, -0.2) is 50.7 Å². The number of hydrazine groups is 1. The van der Waals surface area contributed by atoms with Crippen molar-refractivity contribution < 1.29 is 32.0 Å². The average Bonchev–Trinajstić information content (AvgIpc) is 2.60. The van der Waals surface area contributed by atoms with Gasteiger partial charge in [0.2, 0.25) is 0 Å². The number of benzene rings is 1. The molecule has 0 saturated heterocycles. The summed E-state index contributed by atoms with van der Waals surface area (Å²) in [4.78, 5) is 27.2. The minimum atomic E-state index is -3.67. The zero-order chi connectivity index (χ0) is 21.4. The van der Waals surface area contributed by atoms with Crippen molar-refractivity contribution in [2.45, 2.75) is 32.6 Å². The molecule has 0 fully saturated rings. The third kappa shape index (κ3) is 15.7. The number of carbonyl (C=O) groups excluding carboxylic acids is 2. The van der Waals surface area contributed by atoms with Crippen molar-refractivity contribution in [3.63, 3.8) is 0 Å². The van der Waals surface area contributed by atoms with E-state index in [4.69, 9.17) is 19.9 Å². The lowest BCUT2D eigenvalue weighted by molar-refractivity contribution is -0.134. The van der Waals surface area contributed by atoms with E-state index in [2.05, 4.69) is 10.4 Å². The molecular formula is C17H27N3O7S. The molecule has 10 nitrogen and oxygen atoms in total. The number of hydrogen-bond donors (Lipinski definition) is 3. The Morgan fingerprint density at radius 1 is 1.21 bits per heavy atom. The molecule has 1 aromatic carbocycles. The average molecular weight is 417 g/mol. The van der Waals surface area contributed by atoms with Gasteiger partial charge in [-0.25, -0.2) is 10.6 Å². The number of unbranched alkanes of at least 4 members (excludes halogenated alkanes) is 2. The molecule has 0 radical (unpaired) electrons. The summed E-state index contributed by atoms with van der Waals surface area (Å²) in [5.41, 5.74) is 2.76. The first-order valence-corrected chi connectivity index (χ1v) is 10.4. The van der Waals surface area contributed by atoms with Crippen molar-refractivity contribution in [1.29, 1.82) is 0 Å². The van der Waals surface area contributed by atoms with Crippen LogP contribution in [0.2, 0.25) is 0 Å². The van der Waals surface area contributed by atoms with E-state index in [0.717, 1.165) is 19.3 Å². The molecule has 0 aliphatic rings. The monoisotopic (exact) mass is 417 g/mol. The second-order valence-electron chi connectivity index (χ2n) is 5.46. The molecule has 0 bridgehead atoms. The van der Waals surface area contributed by atoms with E-state index in [9.17, 15) is 18.0 Å². The standard InChI is InChI=1S/C16H23N3O4.CH4O3S/c1-2-22-16(21)13-7-9-14(10-8-13)23-15(20)6-4-3-5-11-18-12-19-17;1-5(2,3)4/h7-10,12H,2-6,11,17H2,1H3,(H,18,19);1H3,(H,2,3,4). The van der Waals surface area contributed by atoms with E-state index < -0.39 is 16.1 Å². The first-order valence-electron chi connectivity index (χ1n) is 8.52. The number of nitrogens with one attached hydrogen (secondary N) is 1. The van der Waals surface area contributed by atoms with Crippen molar-refractivity contribution in [1.82, 2.24) is 5.43 Å². The highest BCUT2D eigenvalue weighted by Gasteiger charge is 2.08. The molecule has 0 aromatic heterocycles. The first kappa shape index (κ1) is 25.5. The van der Waals surface area contributed by atoms with Crippen LogP contribution in [0.4, 0.5) is 0 Å². The van der Waals surface area contributed by atoms with Gasteiger partial charge in [0.25, 0.3) is 10.1 Å². The zero-order valence-electron chi connectivity index (χ0n) is 16.0. The maximum Gasteiger partial charge on any atom is 0.338 e. The van der Waals surface area contributed by atoms with E-state index in [1.54, 1.807) is 31.2 Å². The van der Waals surface area contributed by atoms with Crippen LogP contribution in [0.1, 0.15) is 43.0 Å². The van der Waals surface area contributed by atoms with Crippen LogP contribution in [0.3, 0.4) is 0 Å². The topological polar surface area (TPSA) is 157 Å². The molecule has 1 aromatic rings. The maximum absolute atomic E-state index is 11.7. The highest BCUT2D eigenvalue weighted by molar-refractivity contribution is 7.85. The number of esters is 2. The summed E-state index contributed by atoms with van der Waals surface area (Å²) in [5, 5.41) is 0. The number of hydrogen-bond acceptors (Lipinski definition) is 8. The van der Waals surface area contributed by atoms with Gasteiger partial charge >= 0.3 is 11.9 Å². The summed E-state index contributed by atoms with van der Waals surface area (Å²) in [6, 6.07) is 6.31. The highest BCUT2D eigenvalue weighted by atomic mass is 32.2. The normalized spacial score (nSPS) is 10.7. The minimum absolute atomic E-state index is 0.291. The van der Waals surface area contributed by atoms with Crippen LogP contribution in [0.15, 0.2) is 29.3 Å². The Labute approximate surface area is 164 Å². The predicted octanol–water partition coefficient (Wildman–Crippen LogP) is 1.32. The third-order valence-electron chi connectivity index (χ3n) is 2.93. The molecule has 28 heavy (non-hydrogen) atoms. The third-order valence-corrected chi connectivity index (χ3v) is 2.93. The number of aliphatic imine (C=N–C) groups is 1. The second kappa shape index (κ2) is 14.5. The smallest absolute Gasteiger partial charge is 0.338 e. The molecule has 0 atom stereocenters. The Balaban J connectivity index is 0.00000129. The Morgan fingerprint density at radius 2 is 1.82 bits per heavy atom. The maximum atomic E-state index is 11.7. The van der Waals surface area contributed by atoms with Crippen molar-refractivity contribution >= 4 is 28.4 Å². The molecule has 0 unspecified atom stereocenters. The van der Waals surface area contributed by atoms with Gasteiger partial charge < -0.3 is 14.9 Å². The highest BCUT2D eigenvalue weighted by Crippen LogP contribution is 2.14. The fourth-order valence-corrected chi connectivity index (χ4v) is 1.82. The molecule has 0 heterocycles. The summed E-state index contributed by atoms with van der Waals surface area (Å²) < 4.78 is 36.0. The molecule has 4 N–H and O–H groups in total. The minimum Gasteiger partial charge on any atom is -0.462 e. The first-order chi connectivity index (χ1) is 13.2. The van der Waals surface area contributed by atoms with Crippen LogP contribution >= 0.6 is 0 Å². The van der Waals surface area contributed by atoms with Crippen molar-refractivity contribution in [3.8, 4) is 5.75 Å². The summed E-state index contributed by atoms with van der Waals surface area (Å²) in [5.74, 6) is 4.77. The molecular weight excluding hydrogens is 390 g/mol. The van der Waals surface area contributed by atoms with Crippen LogP contribution in [0.5, 0.6) is 5.75 Å². The summed E-state index contributed by atoms with van der Waals surface area (Å²) >= 11 is 0. The molecule has 158 valence electrons. The Bertz CT molecular complexity index is 711. The van der Waals surface area contributed by atoms with E-state index in [-0.39, 0.29) is 5.97 Å². The molecule has 0 aliphatic heterocycles. The summed E-state index contributed by atoms with van der Waals surface area (Å²) in [6.45, 7) is 2.74. The Kier molecular flexibility index (Phi) is 13.2. The second-order valence-corrected chi connectivity index (χ2v) is 6.93. The number of rotatable bonds is 10. The van der Waals surface area contributed by atoms with Crippen LogP contribution < -0.4 is 16.0 Å². The van der Waals surface area contributed by atoms with Crippen LogP contribution in [0, 0.1) is 0 Å². The van der Waals surface area contributed by atoms with Crippen molar-refractivity contribution in [3.05, 3.63) is 29.8 Å². The number of nitrogens with two attached hydrogens (primary N) is 1. The van der Waals surface area contributed by atoms with Gasteiger partial charge in [0, 0.05) is 13.0 Å². The molecule has 11 heteroatoms. The van der Waals surface area contributed by atoms with Gasteiger partial charge in [-0.15, -0.1) is 0 Å². The van der Waals surface area contributed by atoms with Gasteiger partial charge in [-0.1, -0.05) is 6.42 Å². The van der Waals surface area contributed by atoms with Gasteiger partial charge in [-0.2, -0.15) is 8.42 Å². The van der Waals surface area contributed by atoms with Gasteiger partial charge in [0.15, 0.2) is 0 Å². The SMILES string of the molecule is CCOC(=O)c1ccc(OC(=O)CCCCCN=CNN)cc1.CS(=O)(=O)O. The van der Waals surface area contributed by atoms with E-state index in [1.165, 1.54) is 6.34 Å². The number of carbonyl (C=O) groups is 2. The van der Waals surface area contributed by atoms with Crippen molar-refractivity contribution in [2.24, 2.45) is 10.8 Å². The molecule has 0 aliphatic carbocycles. The van der Waals surface area contributed by atoms with Gasteiger partial charge in [-0.3, -0.25) is 14.3 Å². The molecule has 0 amide bonds. The number of ether oxygens (including phenoxy) is 2. The lowest BCUT2D eigenvalue weighted by atomic mass is 10.2. The quantitative estimate of drug-likeness (QED) is 0.0746. The molecule has 0 saturated carbocycles. The number of nitrogens with zero attached hydrogens (tertiary/aromatic N) is 1. The van der Waals surface area contributed by atoms with E-state index in [1.807, 2.05) is 0 Å². The fraction of sp³-hybridized carbons (Fsp3) is 0.471. The Morgan fingerprint density at radius 3 is 2.36 bits per heavy atom. The van der Waals surface area contributed by atoms with Gasteiger partial charge in [0.1, 0.15) is 5.75 Å². The molecule has 1 rings (SSSR count). The van der Waals surface area contributed by atoms with E-state index >= 15 is 0 Å². The van der Waals surface area contributed by atoms with Crippen LogP contribution in [-0.2, 0) is 19.6 Å². The van der Waals surface area contributed by atoms with Crippen LogP contribution in [0.25, 0.3) is 0 Å². The lowest BCUT2D eigenvalue weighted by Crippen LogP contribution is -2.19. The summed E-state index contributed by atoms with van der Waals surface area (Å²) in [7, 11) is -3.67. The zero-order valence-corrected chi connectivity index (χ0v) is 16.8.